The van der Waals surface area contributed by atoms with E-state index in [4.69, 9.17) is 0 Å². The third-order valence-corrected chi connectivity index (χ3v) is 2.61. The zero-order valence-corrected chi connectivity index (χ0v) is 10.9. The molecule has 2 N–H and O–H groups in total. The van der Waals surface area contributed by atoms with Crippen LogP contribution in [0.3, 0.4) is 0 Å². The minimum absolute atomic E-state index is 0.0904. The summed E-state index contributed by atoms with van der Waals surface area (Å²) < 4.78 is 39.7. The molecule has 108 valence electrons. The van der Waals surface area contributed by atoms with Crippen LogP contribution in [-0.4, -0.2) is 26.8 Å². The van der Waals surface area contributed by atoms with Gasteiger partial charge in [0.25, 0.3) is 0 Å². The Balaban J connectivity index is 2.21. The highest BCUT2D eigenvalue weighted by atomic mass is 19.4. The van der Waals surface area contributed by atoms with Gasteiger partial charge in [0.05, 0.1) is 12.2 Å². The van der Waals surface area contributed by atoms with Crippen molar-refractivity contribution in [2.75, 3.05) is 17.7 Å². The van der Waals surface area contributed by atoms with E-state index in [1.165, 1.54) is 7.05 Å². The number of nitrogens with zero attached hydrogens (tertiary/aromatic N) is 4. The number of hydrogen-bond donors (Lipinski definition) is 2. The average molecular weight is 286 g/mol. The Morgan fingerprint density at radius 1 is 1.30 bits per heavy atom. The first-order valence-corrected chi connectivity index (χ1v) is 5.75. The largest absolute Gasteiger partial charge is 0.433 e. The number of nitrogens with one attached hydrogen (secondary N) is 2. The maximum atomic E-state index is 12.7. The van der Waals surface area contributed by atoms with Crippen LogP contribution in [0.1, 0.15) is 11.4 Å². The van der Waals surface area contributed by atoms with Crippen LogP contribution in [0.4, 0.5) is 24.9 Å². The van der Waals surface area contributed by atoms with Gasteiger partial charge in [0.2, 0.25) is 5.95 Å². The van der Waals surface area contributed by atoms with Gasteiger partial charge in [0.1, 0.15) is 5.82 Å². The number of halogens is 3. The van der Waals surface area contributed by atoms with E-state index in [1.807, 2.05) is 0 Å². The second-order valence-electron chi connectivity index (χ2n) is 4.01. The van der Waals surface area contributed by atoms with Crippen molar-refractivity contribution in [2.45, 2.75) is 12.7 Å². The highest BCUT2D eigenvalue weighted by Crippen LogP contribution is 2.29. The van der Waals surface area contributed by atoms with E-state index in [0.29, 0.717) is 6.54 Å². The summed E-state index contributed by atoms with van der Waals surface area (Å²) >= 11 is 0. The first kappa shape index (κ1) is 14.1. The number of aromatic nitrogens is 4. The monoisotopic (exact) mass is 286 g/mol. The molecule has 0 aliphatic carbocycles. The molecule has 2 heterocycles. The summed E-state index contributed by atoms with van der Waals surface area (Å²) in [5, 5.41) is 9.30. The fourth-order valence-corrected chi connectivity index (χ4v) is 1.55. The lowest BCUT2D eigenvalue weighted by atomic mass is 10.3. The Bertz CT molecular complexity index is 592. The van der Waals surface area contributed by atoms with Crippen molar-refractivity contribution in [2.24, 2.45) is 7.05 Å². The molecule has 6 nitrogen and oxygen atoms in total. The van der Waals surface area contributed by atoms with Gasteiger partial charge < -0.3 is 10.6 Å². The van der Waals surface area contributed by atoms with E-state index in [2.05, 4.69) is 25.7 Å². The van der Waals surface area contributed by atoms with Crippen molar-refractivity contribution in [1.82, 2.24) is 19.7 Å². The zero-order valence-electron chi connectivity index (χ0n) is 10.9. The van der Waals surface area contributed by atoms with Crippen LogP contribution in [0.2, 0.25) is 0 Å². The predicted molar refractivity (Wildman–Crippen MR) is 67.1 cm³/mol. The van der Waals surface area contributed by atoms with Crippen LogP contribution >= 0.6 is 0 Å². The lowest BCUT2D eigenvalue weighted by molar-refractivity contribution is -0.141. The molecule has 0 aliphatic heterocycles. The summed E-state index contributed by atoms with van der Waals surface area (Å²) in [6.45, 7) is 0.313. The Kier molecular flexibility index (Phi) is 3.77. The van der Waals surface area contributed by atoms with Crippen LogP contribution < -0.4 is 10.6 Å². The minimum Gasteiger partial charge on any atom is -0.364 e. The fourth-order valence-electron chi connectivity index (χ4n) is 1.55. The van der Waals surface area contributed by atoms with Gasteiger partial charge in [-0.05, 0) is 6.07 Å². The number of rotatable bonds is 4. The number of aryl methyl sites for hydroxylation is 1. The molecule has 20 heavy (non-hydrogen) atoms. The van der Waals surface area contributed by atoms with Crippen LogP contribution in [0.15, 0.2) is 18.3 Å². The molecule has 0 bridgehead atoms. The normalized spacial score (nSPS) is 11.4. The van der Waals surface area contributed by atoms with Crippen molar-refractivity contribution in [3.8, 4) is 0 Å². The molecule has 2 aromatic heterocycles. The van der Waals surface area contributed by atoms with Crippen molar-refractivity contribution in [3.05, 3.63) is 29.7 Å². The number of alkyl halides is 3. The fraction of sp³-hybridized carbons (Fsp3) is 0.364. The molecule has 0 unspecified atom stereocenters. The molecule has 0 aromatic carbocycles. The summed E-state index contributed by atoms with van der Waals surface area (Å²) in [5.74, 6) is 0.00482. The van der Waals surface area contributed by atoms with Crippen LogP contribution in [-0.2, 0) is 19.8 Å². The van der Waals surface area contributed by atoms with Gasteiger partial charge >= 0.3 is 6.18 Å². The SMILES string of the molecule is CNc1nc(NCc2ccnn2C)cc(C(F)(F)F)n1. The van der Waals surface area contributed by atoms with Crippen LogP contribution in [0, 0.1) is 0 Å². The Morgan fingerprint density at radius 3 is 2.60 bits per heavy atom. The summed E-state index contributed by atoms with van der Waals surface area (Å²) in [6.07, 6.45) is -2.91. The van der Waals surface area contributed by atoms with Crippen molar-refractivity contribution in [1.29, 1.82) is 0 Å². The van der Waals surface area contributed by atoms with E-state index < -0.39 is 11.9 Å². The third-order valence-electron chi connectivity index (χ3n) is 2.61. The van der Waals surface area contributed by atoms with E-state index in [0.717, 1.165) is 11.8 Å². The maximum Gasteiger partial charge on any atom is 0.433 e. The van der Waals surface area contributed by atoms with Gasteiger partial charge in [-0.15, -0.1) is 0 Å². The molecular formula is C11H13F3N6. The second kappa shape index (κ2) is 5.35. The highest BCUT2D eigenvalue weighted by molar-refractivity contribution is 5.43. The summed E-state index contributed by atoms with van der Waals surface area (Å²) in [4.78, 5) is 7.31. The van der Waals surface area contributed by atoms with Crippen molar-refractivity contribution < 1.29 is 13.2 Å². The molecule has 0 aliphatic rings. The highest BCUT2D eigenvalue weighted by Gasteiger charge is 2.33. The van der Waals surface area contributed by atoms with Gasteiger partial charge in [0.15, 0.2) is 5.69 Å². The molecule has 0 atom stereocenters. The van der Waals surface area contributed by atoms with Crippen LogP contribution in [0.5, 0.6) is 0 Å². The Morgan fingerprint density at radius 2 is 2.05 bits per heavy atom. The van der Waals surface area contributed by atoms with Gasteiger partial charge in [-0.2, -0.15) is 23.3 Å². The first-order chi connectivity index (χ1) is 9.40. The maximum absolute atomic E-state index is 12.7. The minimum atomic E-state index is -4.52. The first-order valence-electron chi connectivity index (χ1n) is 5.75. The molecule has 0 fully saturated rings. The molecule has 9 heteroatoms. The second-order valence-corrected chi connectivity index (χ2v) is 4.01. The van der Waals surface area contributed by atoms with Crippen molar-refractivity contribution >= 4 is 11.8 Å². The Labute approximate surface area is 113 Å². The Hall–Kier alpha value is -2.32. The molecule has 2 aromatic rings. The molecule has 0 radical (unpaired) electrons. The topological polar surface area (TPSA) is 67.7 Å². The van der Waals surface area contributed by atoms with Crippen LogP contribution in [0.25, 0.3) is 0 Å². The molecule has 0 saturated carbocycles. The third kappa shape index (κ3) is 3.16. The van der Waals surface area contributed by atoms with Gasteiger partial charge in [-0.3, -0.25) is 4.68 Å². The van der Waals surface area contributed by atoms with Gasteiger partial charge in [0, 0.05) is 26.4 Å². The standard InChI is InChI=1S/C11H13F3N6/c1-15-10-18-8(11(12,13)14)5-9(19-10)16-6-7-3-4-17-20(7)2/h3-5H,6H2,1-2H3,(H2,15,16,18,19). The quantitative estimate of drug-likeness (QED) is 0.898. The zero-order chi connectivity index (χ0) is 14.8. The summed E-state index contributed by atoms with van der Waals surface area (Å²) in [7, 11) is 3.21. The number of anilines is 2. The molecule has 0 saturated heterocycles. The lowest BCUT2D eigenvalue weighted by Crippen LogP contribution is -2.13. The number of hydrogen-bond acceptors (Lipinski definition) is 5. The summed E-state index contributed by atoms with van der Waals surface area (Å²) in [5.41, 5.74) is -0.174. The molecule has 2 rings (SSSR count). The van der Waals surface area contributed by atoms with E-state index in [-0.39, 0.29) is 11.8 Å². The molecular weight excluding hydrogens is 273 g/mol. The average Bonchev–Trinajstić information content (AvgIpc) is 2.80. The van der Waals surface area contributed by atoms with Crippen molar-refractivity contribution in [3.63, 3.8) is 0 Å². The van der Waals surface area contributed by atoms with E-state index in [9.17, 15) is 13.2 Å². The molecule has 0 spiro atoms. The van der Waals surface area contributed by atoms with Gasteiger partial charge in [-0.25, -0.2) is 4.98 Å². The molecule has 0 amide bonds. The smallest absolute Gasteiger partial charge is 0.364 e. The predicted octanol–water partition coefficient (Wildman–Crippen LogP) is 1.88. The van der Waals surface area contributed by atoms with Gasteiger partial charge in [-0.1, -0.05) is 0 Å². The summed E-state index contributed by atoms with van der Waals surface area (Å²) in [6, 6.07) is 2.63. The van der Waals surface area contributed by atoms with E-state index in [1.54, 1.807) is 24.0 Å². The lowest BCUT2D eigenvalue weighted by Gasteiger charge is -2.11. The van der Waals surface area contributed by atoms with E-state index >= 15 is 0 Å².